The minimum Gasteiger partial charge on any atom is -0.349 e. The lowest BCUT2D eigenvalue weighted by molar-refractivity contribution is -0.137. The first-order valence-corrected chi connectivity index (χ1v) is 17.0. The van der Waals surface area contributed by atoms with Crippen molar-refractivity contribution in [3.63, 3.8) is 0 Å². The van der Waals surface area contributed by atoms with E-state index in [4.69, 9.17) is 0 Å². The number of nitrogens with zero attached hydrogens (tertiary/aromatic N) is 2. The third kappa shape index (κ3) is 8.53. The minimum atomic E-state index is -4.41. The molecule has 1 heterocycles. The standard InChI is InChI=1S/C40H44F3N3O2/c1-3-29-15-12-16-30(4-2)37(29)46(39(48)32-13-6-5-7-14-32)26-11-10-25-45-27-23-34(24-28-45)44-38(47)36-18-9-8-17-35(36)31-19-21-33(22-20-31)40(41,42)43/h5-9,12-22,34H,3-4,10-11,23-28H2,1-2H3,(H,44,47). The number of nitrogens with one attached hydrogen (secondary N) is 1. The summed E-state index contributed by atoms with van der Waals surface area (Å²) < 4.78 is 39.2. The predicted octanol–water partition coefficient (Wildman–Crippen LogP) is 8.82. The van der Waals surface area contributed by atoms with Gasteiger partial charge in [-0.25, -0.2) is 0 Å². The van der Waals surface area contributed by atoms with E-state index in [1.165, 1.54) is 23.3 Å². The average molecular weight is 656 g/mol. The molecular formula is C40H44F3N3O2. The molecule has 0 atom stereocenters. The zero-order valence-corrected chi connectivity index (χ0v) is 27.7. The highest BCUT2D eigenvalue weighted by atomic mass is 19.4. The lowest BCUT2D eigenvalue weighted by atomic mass is 9.97. The van der Waals surface area contributed by atoms with Gasteiger partial charge in [-0.3, -0.25) is 9.59 Å². The lowest BCUT2D eigenvalue weighted by Gasteiger charge is -2.33. The van der Waals surface area contributed by atoms with Crippen molar-refractivity contribution in [2.24, 2.45) is 0 Å². The molecule has 5 nitrogen and oxygen atoms in total. The molecule has 0 aliphatic carbocycles. The number of unbranched alkanes of at least 4 members (excludes halogenated alkanes) is 1. The Kier molecular flexibility index (Phi) is 11.7. The van der Waals surface area contributed by atoms with Crippen molar-refractivity contribution in [2.75, 3.05) is 31.1 Å². The van der Waals surface area contributed by atoms with E-state index in [0.29, 0.717) is 28.8 Å². The zero-order chi connectivity index (χ0) is 34.1. The van der Waals surface area contributed by atoms with Crippen LogP contribution in [0.1, 0.15) is 76.9 Å². The van der Waals surface area contributed by atoms with Gasteiger partial charge in [-0.05, 0) is 97.7 Å². The third-order valence-corrected chi connectivity index (χ3v) is 9.22. The molecule has 0 spiro atoms. The highest BCUT2D eigenvalue weighted by molar-refractivity contribution is 6.07. The number of halogens is 3. The molecule has 0 radical (unpaired) electrons. The molecule has 0 aromatic heterocycles. The van der Waals surface area contributed by atoms with E-state index in [2.05, 4.69) is 42.3 Å². The van der Waals surface area contributed by atoms with Gasteiger partial charge in [-0.2, -0.15) is 13.2 Å². The van der Waals surface area contributed by atoms with Crippen LogP contribution in [0.2, 0.25) is 0 Å². The van der Waals surface area contributed by atoms with Gasteiger partial charge in [0.25, 0.3) is 11.8 Å². The molecular weight excluding hydrogens is 611 g/mol. The third-order valence-electron chi connectivity index (χ3n) is 9.22. The summed E-state index contributed by atoms with van der Waals surface area (Å²) in [6.45, 7) is 7.54. The van der Waals surface area contributed by atoms with Crippen LogP contribution in [0, 0.1) is 0 Å². The first kappa shape index (κ1) is 34.9. The number of alkyl halides is 3. The summed E-state index contributed by atoms with van der Waals surface area (Å²) >= 11 is 0. The molecule has 8 heteroatoms. The van der Waals surface area contributed by atoms with Crippen molar-refractivity contribution in [3.8, 4) is 11.1 Å². The molecule has 0 bridgehead atoms. The molecule has 1 saturated heterocycles. The van der Waals surface area contributed by atoms with Gasteiger partial charge in [0.1, 0.15) is 0 Å². The molecule has 2 amide bonds. The van der Waals surface area contributed by atoms with E-state index in [1.807, 2.05) is 35.2 Å². The summed E-state index contributed by atoms with van der Waals surface area (Å²) in [6, 6.07) is 27.8. The fourth-order valence-corrected chi connectivity index (χ4v) is 6.55. The summed E-state index contributed by atoms with van der Waals surface area (Å²) in [6.07, 6.45) is 0.753. The summed E-state index contributed by atoms with van der Waals surface area (Å²) in [7, 11) is 0. The summed E-state index contributed by atoms with van der Waals surface area (Å²) in [4.78, 5) is 31.5. The maximum atomic E-state index is 13.8. The molecule has 0 saturated carbocycles. The largest absolute Gasteiger partial charge is 0.416 e. The normalized spacial score (nSPS) is 14.1. The molecule has 1 aliphatic heterocycles. The average Bonchev–Trinajstić information content (AvgIpc) is 3.12. The van der Waals surface area contributed by atoms with Crippen LogP contribution in [-0.4, -0.2) is 48.9 Å². The SMILES string of the molecule is CCc1cccc(CC)c1N(CCCCN1CCC(NC(=O)c2ccccc2-c2ccc(C(F)(F)F)cc2)CC1)C(=O)c1ccccc1. The van der Waals surface area contributed by atoms with Crippen LogP contribution < -0.4 is 10.2 Å². The maximum Gasteiger partial charge on any atom is 0.416 e. The predicted molar refractivity (Wildman–Crippen MR) is 186 cm³/mol. The van der Waals surface area contributed by atoms with E-state index in [-0.39, 0.29) is 17.9 Å². The number of para-hydroxylation sites is 1. The number of benzene rings is 4. The molecule has 4 aromatic rings. The van der Waals surface area contributed by atoms with Gasteiger partial charge in [0.05, 0.1) is 11.3 Å². The Morgan fingerprint density at radius 3 is 2.04 bits per heavy atom. The minimum absolute atomic E-state index is 0.0198. The molecule has 5 rings (SSSR count). The Morgan fingerprint density at radius 2 is 1.42 bits per heavy atom. The first-order chi connectivity index (χ1) is 23.2. The van der Waals surface area contributed by atoms with Gasteiger partial charge in [0.2, 0.25) is 0 Å². The second-order valence-corrected chi connectivity index (χ2v) is 12.4. The van der Waals surface area contributed by atoms with Gasteiger partial charge in [-0.15, -0.1) is 0 Å². The van der Waals surface area contributed by atoms with Crippen molar-refractivity contribution in [1.82, 2.24) is 10.2 Å². The van der Waals surface area contributed by atoms with Gasteiger partial charge in [0.15, 0.2) is 0 Å². The van der Waals surface area contributed by atoms with E-state index >= 15 is 0 Å². The number of piperidine rings is 1. The Morgan fingerprint density at radius 1 is 0.792 bits per heavy atom. The van der Waals surface area contributed by atoms with Gasteiger partial charge >= 0.3 is 6.18 Å². The Labute approximate surface area is 281 Å². The summed E-state index contributed by atoms with van der Waals surface area (Å²) in [5.41, 5.74) is 5.01. The maximum absolute atomic E-state index is 13.8. The second-order valence-electron chi connectivity index (χ2n) is 12.4. The molecule has 48 heavy (non-hydrogen) atoms. The molecule has 1 aliphatic rings. The van der Waals surface area contributed by atoms with Crippen LogP contribution in [0.15, 0.2) is 97.1 Å². The van der Waals surface area contributed by atoms with E-state index in [0.717, 1.165) is 76.0 Å². The fraction of sp³-hybridized carbons (Fsp3) is 0.350. The van der Waals surface area contributed by atoms with Crippen LogP contribution in [-0.2, 0) is 19.0 Å². The van der Waals surface area contributed by atoms with Crippen molar-refractivity contribution < 1.29 is 22.8 Å². The number of amides is 2. The monoisotopic (exact) mass is 655 g/mol. The molecule has 1 fully saturated rings. The Hall–Kier alpha value is -4.43. The van der Waals surface area contributed by atoms with E-state index in [1.54, 1.807) is 24.3 Å². The van der Waals surface area contributed by atoms with Crippen molar-refractivity contribution in [1.29, 1.82) is 0 Å². The quantitative estimate of drug-likeness (QED) is 0.155. The number of hydrogen-bond donors (Lipinski definition) is 1. The zero-order valence-electron chi connectivity index (χ0n) is 27.7. The summed E-state index contributed by atoms with van der Waals surface area (Å²) in [5.74, 6) is -0.186. The number of rotatable bonds is 12. The molecule has 1 N–H and O–H groups in total. The van der Waals surface area contributed by atoms with Gasteiger partial charge < -0.3 is 15.1 Å². The Balaban J connectivity index is 1.15. The molecule has 4 aromatic carbocycles. The topological polar surface area (TPSA) is 52.6 Å². The van der Waals surface area contributed by atoms with Crippen LogP contribution in [0.4, 0.5) is 18.9 Å². The van der Waals surface area contributed by atoms with Crippen molar-refractivity contribution in [2.45, 2.75) is 64.6 Å². The highest BCUT2D eigenvalue weighted by Gasteiger charge is 2.30. The highest BCUT2D eigenvalue weighted by Crippen LogP contribution is 2.32. The van der Waals surface area contributed by atoms with Crippen LogP contribution >= 0.6 is 0 Å². The first-order valence-electron chi connectivity index (χ1n) is 17.0. The van der Waals surface area contributed by atoms with Crippen molar-refractivity contribution in [3.05, 3.63) is 125 Å². The number of anilines is 1. The van der Waals surface area contributed by atoms with E-state index in [9.17, 15) is 22.8 Å². The van der Waals surface area contributed by atoms with Gasteiger partial charge in [0, 0.05) is 36.8 Å². The van der Waals surface area contributed by atoms with Crippen LogP contribution in [0.3, 0.4) is 0 Å². The Bertz CT molecular complexity index is 1640. The van der Waals surface area contributed by atoms with Crippen molar-refractivity contribution >= 4 is 17.5 Å². The fourth-order valence-electron chi connectivity index (χ4n) is 6.55. The van der Waals surface area contributed by atoms with Crippen LogP contribution in [0.5, 0.6) is 0 Å². The second kappa shape index (κ2) is 16.1. The number of hydrogen-bond acceptors (Lipinski definition) is 3. The number of likely N-dealkylation sites (tertiary alicyclic amines) is 1. The molecule has 0 unspecified atom stereocenters. The summed E-state index contributed by atoms with van der Waals surface area (Å²) in [5, 5.41) is 3.16. The smallest absolute Gasteiger partial charge is 0.349 e. The van der Waals surface area contributed by atoms with E-state index < -0.39 is 11.7 Å². The molecule has 252 valence electrons. The number of carbonyl (C=O) groups excluding carboxylic acids is 2. The van der Waals surface area contributed by atoms with Gasteiger partial charge in [-0.1, -0.05) is 80.6 Å². The lowest BCUT2D eigenvalue weighted by Crippen LogP contribution is -2.45. The number of carbonyl (C=O) groups is 2. The van der Waals surface area contributed by atoms with Crippen LogP contribution in [0.25, 0.3) is 11.1 Å². The number of aryl methyl sites for hydroxylation is 2.